The number of ether oxygens (including phenoxy) is 1. The van der Waals surface area contributed by atoms with Crippen molar-refractivity contribution in [2.75, 3.05) is 4.90 Å². The fraction of sp³-hybridized carbons (Fsp3) is 0.267. The first kappa shape index (κ1) is 24.1. The summed E-state index contributed by atoms with van der Waals surface area (Å²) in [5, 5.41) is 4.26. The van der Waals surface area contributed by atoms with Crippen LogP contribution in [0, 0.1) is 20.8 Å². The van der Waals surface area contributed by atoms with Gasteiger partial charge in [-0.15, -0.1) is 0 Å². The largest absolute Gasteiger partial charge is 0.457 e. The van der Waals surface area contributed by atoms with Crippen LogP contribution in [0.15, 0.2) is 79.0 Å². The first-order chi connectivity index (χ1) is 17.3. The van der Waals surface area contributed by atoms with Crippen molar-refractivity contribution in [2.45, 2.75) is 52.7 Å². The molecule has 3 heterocycles. The third-order valence-corrected chi connectivity index (χ3v) is 7.14. The topological polar surface area (TPSA) is 42.3 Å². The summed E-state index contributed by atoms with van der Waals surface area (Å²) in [5.41, 5.74) is 6.95. The first-order valence-electron chi connectivity index (χ1n) is 12.4. The van der Waals surface area contributed by atoms with Gasteiger partial charge in [-0.3, -0.25) is 4.98 Å². The molecule has 0 unspecified atom stereocenters. The Labute approximate surface area is 218 Å². The van der Waals surface area contributed by atoms with Gasteiger partial charge >= 0.3 is 0 Å². The van der Waals surface area contributed by atoms with Gasteiger partial charge in [0.25, 0.3) is 0 Å². The van der Waals surface area contributed by atoms with E-state index in [0.717, 1.165) is 22.9 Å². The number of nitrogens with zero attached hydrogens (tertiary/aromatic N) is 3. The summed E-state index contributed by atoms with van der Waals surface area (Å²) in [6.45, 7) is 10.9. The summed E-state index contributed by atoms with van der Waals surface area (Å²) in [5.74, 6) is 1.61. The monoisotopic (exact) mass is 496 g/mol. The van der Waals surface area contributed by atoms with Crippen LogP contribution in [-0.2, 0) is 0 Å². The summed E-state index contributed by atoms with van der Waals surface area (Å²) in [7, 11) is 0. The number of benzene rings is 2. The third kappa shape index (κ3) is 4.49. The number of nitrogens with one attached hydrogen (secondary N) is 1. The van der Waals surface area contributed by atoms with Gasteiger partial charge in [-0.2, -0.15) is 0 Å². The van der Waals surface area contributed by atoms with E-state index in [0.29, 0.717) is 11.2 Å². The number of hydrogen-bond acceptors (Lipinski definition) is 3. The van der Waals surface area contributed by atoms with Crippen molar-refractivity contribution in [3.05, 3.63) is 107 Å². The molecule has 5 nitrogen and oxygen atoms in total. The molecule has 0 bridgehead atoms. The number of anilines is 1. The Bertz CT molecular complexity index is 1360. The van der Waals surface area contributed by atoms with Crippen LogP contribution in [0.5, 0.6) is 11.5 Å². The lowest BCUT2D eigenvalue weighted by Crippen LogP contribution is -2.29. The Morgan fingerprint density at radius 1 is 0.917 bits per heavy atom. The van der Waals surface area contributed by atoms with E-state index >= 15 is 0 Å². The second-order valence-electron chi connectivity index (χ2n) is 9.70. The maximum Gasteiger partial charge on any atom is 0.174 e. The van der Waals surface area contributed by atoms with Crippen molar-refractivity contribution >= 4 is 23.0 Å². The Morgan fingerprint density at radius 3 is 2.17 bits per heavy atom. The molecular formula is C30H32N4OS. The lowest BCUT2D eigenvalue weighted by molar-refractivity contribution is 0.482. The molecule has 0 spiro atoms. The van der Waals surface area contributed by atoms with Crippen molar-refractivity contribution in [3.63, 3.8) is 0 Å². The predicted octanol–water partition coefficient (Wildman–Crippen LogP) is 7.36. The number of aromatic nitrogens is 2. The molecule has 0 amide bonds. The minimum absolute atomic E-state index is 0.0324. The Hall–Kier alpha value is -3.64. The lowest BCUT2D eigenvalue weighted by atomic mass is 9.96. The average Bonchev–Trinajstić information content (AvgIpc) is 3.36. The summed E-state index contributed by atoms with van der Waals surface area (Å²) in [4.78, 5) is 6.90. The molecule has 1 saturated heterocycles. The van der Waals surface area contributed by atoms with Crippen molar-refractivity contribution in [1.29, 1.82) is 0 Å². The second-order valence-corrected chi connectivity index (χ2v) is 10.1. The molecule has 1 aliphatic heterocycles. The molecule has 1 fully saturated rings. The van der Waals surface area contributed by atoms with Crippen LogP contribution in [0.1, 0.15) is 60.2 Å². The number of hydrogen-bond donors (Lipinski definition) is 1. The van der Waals surface area contributed by atoms with Gasteiger partial charge in [0.05, 0.1) is 17.8 Å². The Morgan fingerprint density at radius 2 is 1.58 bits per heavy atom. The predicted molar refractivity (Wildman–Crippen MR) is 150 cm³/mol. The zero-order valence-electron chi connectivity index (χ0n) is 21.4. The number of thiocarbonyl (C=S) groups is 1. The van der Waals surface area contributed by atoms with Gasteiger partial charge in [0.2, 0.25) is 0 Å². The van der Waals surface area contributed by atoms with Crippen molar-refractivity contribution in [3.8, 4) is 11.5 Å². The maximum atomic E-state index is 6.06. The molecule has 4 aromatic rings. The molecule has 5 rings (SSSR count). The van der Waals surface area contributed by atoms with E-state index in [4.69, 9.17) is 17.0 Å². The van der Waals surface area contributed by atoms with Crippen LogP contribution in [0.25, 0.3) is 0 Å². The third-order valence-electron chi connectivity index (χ3n) is 6.83. The molecular weight excluding hydrogens is 464 g/mol. The normalized spacial score (nSPS) is 17.5. The highest BCUT2D eigenvalue weighted by molar-refractivity contribution is 7.80. The summed E-state index contributed by atoms with van der Waals surface area (Å²) < 4.78 is 8.46. The summed E-state index contributed by atoms with van der Waals surface area (Å²) >= 11 is 5.91. The van der Waals surface area contributed by atoms with Gasteiger partial charge in [0, 0.05) is 29.3 Å². The molecule has 6 heteroatoms. The molecule has 1 aliphatic rings. The van der Waals surface area contributed by atoms with E-state index in [-0.39, 0.29) is 12.1 Å². The average molecular weight is 497 g/mol. The van der Waals surface area contributed by atoms with Gasteiger partial charge in [0.15, 0.2) is 5.11 Å². The van der Waals surface area contributed by atoms with Gasteiger partial charge < -0.3 is 19.5 Å². The molecule has 184 valence electrons. The van der Waals surface area contributed by atoms with Crippen LogP contribution >= 0.6 is 12.2 Å². The van der Waals surface area contributed by atoms with Crippen LogP contribution in [-0.4, -0.2) is 14.7 Å². The van der Waals surface area contributed by atoms with Crippen LogP contribution in [0.4, 0.5) is 5.69 Å². The highest BCUT2D eigenvalue weighted by Crippen LogP contribution is 2.44. The number of rotatable bonds is 6. The standard InChI is InChI=1S/C30H32N4OS/c1-19(2)33-21(4)18-26(22(33)5)29-28(27-8-6-7-17-31-27)32-30(36)34(29)23-11-15-25(16-12-23)35-24-13-9-20(3)10-14-24/h6-19,28-29H,1-5H3,(H,32,36)/t28-,29+/m0/s1. The smallest absolute Gasteiger partial charge is 0.174 e. The SMILES string of the molecule is Cc1ccc(Oc2ccc(N3C(=S)N[C@@H](c4ccccn4)[C@H]3c3cc(C)n(C(C)C)c3C)cc2)cc1. The molecule has 2 aromatic heterocycles. The zero-order valence-corrected chi connectivity index (χ0v) is 22.2. The van der Waals surface area contributed by atoms with Crippen LogP contribution in [0.3, 0.4) is 0 Å². The highest BCUT2D eigenvalue weighted by atomic mass is 32.1. The summed E-state index contributed by atoms with van der Waals surface area (Å²) in [6.07, 6.45) is 1.84. The van der Waals surface area contributed by atoms with Gasteiger partial charge in [-0.05, 0) is 107 Å². The fourth-order valence-electron chi connectivity index (χ4n) is 5.26. The number of pyridine rings is 1. The van der Waals surface area contributed by atoms with E-state index < -0.39 is 0 Å². The van der Waals surface area contributed by atoms with Crippen molar-refractivity contribution in [1.82, 2.24) is 14.9 Å². The molecule has 36 heavy (non-hydrogen) atoms. The molecule has 0 radical (unpaired) electrons. The van der Waals surface area contributed by atoms with Crippen LogP contribution < -0.4 is 15.0 Å². The number of aryl methyl sites for hydroxylation is 2. The van der Waals surface area contributed by atoms with E-state index in [1.807, 2.05) is 54.7 Å². The quantitative estimate of drug-likeness (QED) is 0.283. The maximum absolute atomic E-state index is 6.06. The molecule has 2 atom stereocenters. The summed E-state index contributed by atoms with van der Waals surface area (Å²) in [6, 6.07) is 24.8. The molecule has 2 aromatic carbocycles. The van der Waals surface area contributed by atoms with Gasteiger partial charge in [-0.25, -0.2) is 0 Å². The molecule has 0 aliphatic carbocycles. The molecule has 0 saturated carbocycles. The van der Waals surface area contributed by atoms with E-state index in [9.17, 15) is 0 Å². The van der Waals surface area contributed by atoms with Crippen molar-refractivity contribution in [2.24, 2.45) is 0 Å². The lowest BCUT2D eigenvalue weighted by Gasteiger charge is -2.28. The Kier molecular flexibility index (Phi) is 6.54. The zero-order chi connectivity index (χ0) is 25.4. The minimum Gasteiger partial charge on any atom is -0.457 e. The highest BCUT2D eigenvalue weighted by Gasteiger charge is 2.42. The van der Waals surface area contributed by atoms with Crippen LogP contribution in [0.2, 0.25) is 0 Å². The van der Waals surface area contributed by atoms with E-state index in [1.54, 1.807) is 0 Å². The van der Waals surface area contributed by atoms with Gasteiger partial charge in [-0.1, -0.05) is 23.8 Å². The fourth-order valence-corrected chi connectivity index (χ4v) is 5.61. The van der Waals surface area contributed by atoms with E-state index in [1.165, 1.54) is 22.5 Å². The van der Waals surface area contributed by atoms with E-state index in [2.05, 4.69) is 78.7 Å². The van der Waals surface area contributed by atoms with Gasteiger partial charge in [0.1, 0.15) is 11.5 Å². The minimum atomic E-state index is -0.0664. The van der Waals surface area contributed by atoms with Crippen molar-refractivity contribution < 1.29 is 4.74 Å². The second kappa shape index (κ2) is 9.78. The first-order valence-corrected chi connectivity index (χ1v) is 12.8. The molecule has 1 N–H and O–H groups in total. The Balaban J connectivity index is 1.53.